The number of alkyl halides is 2. The van der Waals surface area contributed by atoms with Crippen LogP contribution in [0, 0.1) is 5.92 Å². The Balaban J connectivity index is 1.85. The van der Waals surface area contributed by atoms with E-state index >= 15 is 0 Å². The van der Waals surface area contributed by atoms with Crippen LogP contribution in [-0.2, 0) is 9.53 Å². The van der Waals surface area contributed by atoms with Crippen LogP contribution in [0.5, 0.6) is 5.75 Å². The van der Waals surface area contributed by atoms with Gasteiger partial charge in [-0.2, -0.15) is 8.78 Å². The van der Waals surface area contributed by atoms with E-state index in [2.05, 4.69) is 10.1 Å². The molecule has 0 aromatic heterocycles. The molecule has 0 saturated heterocycles. The summed E-state index contributed by atoms with van der Waals surface area (Å²) in [6.45, 7) is 1.42. The molecular weight excluding hydrogens is 316 g/mol. The summed E-state index contributed by atoms with van der Waals surface area (Å²) in [7, 11) is 0. The fraction of sp³-hybridized carbons (Fsp3) is 0.611. The largest absolute Gasteiger partial charge is 0.466 e. The van der Waals surface area contributed by atoms with Crippen LogP contribution >= 0.6 is 0 Å². The molecule has 24 heavy (non-hydrogen) atoms. The molecule has 1 saturated carbocycles. The molecule has 1 aliphatic rings. The van der Waals surface area contributed by atoms with Gasteiger partial charge in [-0.3, -0.25) is 4.79 Å². The molecule has 0 spiro atoms. The van der Waals surface area contributed by atoms with Crippen molar-refractivity contribution in [2.24, 2.45) is 5.92 Å². The molecule has 4 nitrogen and oxygen atoms in total. The van der Waals surface area contributed by atoms with Gasteiger partial charge in [0.05, 0.1) is 12.5 Å². The number of carbonyl (C=O) groups is 1. The predicted octanol–water partition coefficient (Wildman–Crippen LogP) is 4.06. The summed E-state index contributed by atoms with van der Waals surface area (Å²) in [4.78, 5) is 11.8. The normalized spacial score (nSPS) is 22.2. The van der Waals surface area contributed by atoms with Crippen molar-refractivity contribution in [3.05, 3.63) is 29.8 Å². The third-order valence-electron chi connectivity index (χ3n) is 4.42. The molecule has 134 valence electrons. The molecule has 0 amide bonds. The quantitative estimate of drug-likeness (QED) is 0.760. The van der Waals surface area contributed by atoms with E-state index in [1.807, 2.05) is 19.9 Å². The maximum atomic E-state index is 12.3. The lowest BCUT2D eigenvalue weighted by Crippen LogP contribution is -2.36. The summed E-state index contributed by atoms with van der Waals surface area (Å²) < 4.78 is 34.1. The molecule has 1 fully saturated rings. The molecule has 1 aromatic carbocycles. The number of ether oxygens (including phenoxy) is 2. The van der Waals surface area contributed by atoms with Crippen LogP contribution < -0.4 is 10.1 Å². The Morgan fingerprint density at radius 2 is 2.00 bits per heavy atom. The minimum atomic E-state index is -2.82. The highest BCUT2D eigenvalue weighted by molar-refractivity contribution is 5.72. The molecule has 0 aliphatic heterocycles. The number of benzene rings is 1. The van der Waals surface area contributed by atoms with Crippen molar-refractivity contribution in [2.45, 2.75) is 58.2 Å². The fourth-order valence-electron chi connectivity index (χ4n) is 3.17. The van der Waals surface area contributed by atoms with Gasteiger partial charge in [0.25, 0.3) is 0 Å². The van der Waals surface area contributed by atoms with Gasteiger partial charge in [0.2, 0.25) is 0 Å². The van der Waals surface area contributed by atoms with E-state index < -0.39 is 6.61 Å². The number of hydrogen-bond donors (Lipinski definition) is 1. The molecule has 0 bridgehead atoms. The summed E-state index contributed by atoms with van der Waals surface area (Å²) in [5, 5.41) is 3.51. The van der Waals surface area contributed by atoms with Crippen LogP contribution in [0.3, 0.4) is 0 Å². The first-order chi connectivity index (χ1) is 11.5. The summed E-state index contributed by atoms with van der Waals surface area (Å²) in [6.07, 6.45) is 3.44. The number of hydrogen-bond acceptors (Lipinski definition) is 4. The summed E-state index contributed by atoms with van der Waals surface area (Å²) in [5.74, 6) is 0.0732. The molecule has 1 aromatic rings. The maximum Gasteiger partial charge on any atom is 0.387 e. The first-order valence-corrected chi connectivity index (χ1v) is 8.47. The third kappa shape index (κ3) is 5.44. The van der Waals surface area contributed by atoms with Gasteiger partial charge >= 0.3 is 12.6 Å². The van der Waals surface area contributed by atoms with E-state index in [0.29, 0.717) is 12.6 Å². The van der Waals surface area contributed by atoms with E-state index in [4.69, 9.17) is 4.74 Å². The molecule has 2 rings (SSSR count). The van der Waals surface area contributed by atoms with Gasteiger partial charge in [-0.25, -0.2) is 0 Å². The van der Waals surface area contributed by atoms with Crippen LogP contribution in [0.4, 0.5) is 8.78 Å². The molecule has 0 radical (unpaired) electrons. The molecule has 1 atom stereocenters. The first kappa shape index (κ1) is 18.6. The number of esters is 1. The monoisotopic (exact) mass is 341 g/mol. The van der Waals surface area contributed by atoms with Crippen molar-refractivity contribution in [3.8, 4) is 5.75 Å². The number of halogens is 2. The Morgan fingerprint density at radius 3 is 2.62 bits per heavy atom. The van der Waals surface area contributed by atoms with Gasteiger partial charge < -0.3 is 14.8 Å². The van der Waals surface area contributed by atoms with Crippen LogP contribution in [-0.4, -0.2) is 25.2 Å². The summed E-state index contributed by atoms with van der Waals surface area (Å²) in [5.41, 5.74) is 0.903. The lowest BCUT2D eigenvalue weighted by Gasteiger charge is -2.30. The second-order valence-electron chi connectivity index (χ2n) is 6.14. The van der Waals surface area contributed by atoms with Crippen molar-refractivity contribution >= 4 is 5.97 Å². The average Bonchev–Trinajstić information content (AvgIpc) is 2.55. The Morgan fingerprint density at radius 1 is 1.29 bits per heavy atom. The van der Waals surface area contributed by atoms with Crippen LogP contribution in [0.2, 0.25) is 0 Å². The zero-order valence-corrected chi connectivity index (χ0v) is 14.1. The zero-order valence-electron chi connectivity index (χ0n) is 14.1. The number of carbonyl (C=O) groups excluding carboxylic acids is 1. The Kier molecular flexibility index (Phi) is 6.97. The zero-order chi connectivity index (χ0) is 17.5. The van der Waals surface area contributed by atoms with Gasteiger partial charge in [-0.15, -0.1) is 0 Å². The fourth-order valence-corrected chi connectivity index (χ4v) is 3.17. The predicted molar refractivity (Wildman–Crippen MR) is 87.0 cm³/mol. The van der Waals surface area contributed by atoms with Crippen molar-refractivity contribution in [1.29, 1.82) is 0 Å². The van der Waals surface area contributed by atoms with Crippen molar-refractivity contribution in [2.75, 3.05) is 6.61 Å². The second kappa shape index (κ2) is 8.97. The third-order valence-corrected chi connectivity index (χ3v) is 4.42. The highest BCUT2D eigenvalue weighted by Crippen LogP contribution is 2.28. The van der Waals surface area contributed by atoms with E-state index in [1.165, 1.54) is 6.07 Å². The molecule has 1 N–H and O–H groups in total. The average molecular weight is 341 g/mol. The summed E-state index contributed by atoms with van der Waals surface area (Å²) in [6, 6.07) is 7.09. The molecule has 1 unspecified atom stereocenters. The standard InChI is InChI=1S/C18H25F2NO3/c1-3-23-17(22)13-7-9-15(10-8-13)21-12(2)14-5-4-6-16(11-14)24-18(19)20/h4-6,11-13,15,18,21H,3,7-10H2,1-2H3. The SMILES string of the molecule is CCOC(=O)C1CCC(NC(C)c2cccc(OC(F)F)c2)CC1. The minimum absolute atomic E-state index is 0.000996. The second-order valence-corrected chi connectivity index (χ2v) is 6.14. The van der Waals surface area contributed by atoms with E-state index in [-0.39, 0.29) is 23.7 Å². The van der Waals surface area contributed by atoms with Crippen LogP contribution in [0.15, 0.2) is 24.3 Å². The summed E-state index contributed by atoms with van der Waals surface area (Å²) >= 11 is 0. The highest BCUT2D eigenvalue weighted by atomic mass is 19.3. The first-order valence-electron chi connectivity index (χ1n) is 8.47. The minimum Gasteiger partial charge on any atom is -0.466 e. The van der Waals surface area contributed by atoms with Gasteiger partial charge in [0.1, 0.15) is 5.75 Å². The lowest BCUT2D eigenvalue weighted by molar-refractivity contribution is -0.149. The van der Waals surface area contributed by atoms with E-state index in [1.54, 1.807) is 12.1 Å². The van der Waals surface area contributed by atoms with Gasteiger partial charge in [-0.05, 0) is 57.2 Å². The highest BCUT2D eigenvalue weighted by Gasteiger charge is 2.27. The molecule has 1 aliphatic carbocycles. The van der Waals surface area contributed by atoms with Crippen molar-refractivity contribution in [1.82, 2.24) is 5.32 Å². The van der Waals surface area contributed by atoms with E-state index in [0.717, 1.165) is 31.2 Å². The Labute approximate surface area is 141 Å². The van der Waals surface area contributed by atoms with Crippen molar-refractivity contribution in [3.63, 3.8) is 0 Å². The van der Waals surface area contributed by atoms with Crippen LogP contribution in [0.25, 0.3) is 0 Å². The molecule has 0 heterocycles. The smallest absolute Gasteiger partial charge is 0.387 e. The number of nitrogens with one attached hydrogen (secondary N) is 1. The Hall–Kier alpha value is -1.69. The molecule has 6 heteroatoms. The topological polar surface area (TPSA) is 47.6 Å². The van der Waals surface area contributed by atoms with E-state index in [9.17, 15) is 13.6 Å². The maximum absolute atomic E-state index is 12.3. The van der Waals surface area contributed by atoms with Crippen molar-refractivity contribution < 1.29 is 23.0 Å². The molecular formula is C18H25F2NO3. The van der Waals surface area contributed by atoms with Crippen LogP contribution in [0.1, 0.15) is 51.1 Å². The van der Waals surface area contributed by atoms with Gasteiger partial charge in [-0.1, -0.05) is 12.1 Å². The Bertz CT molecular complexity index is 531. The van der Waals surface area contributed by atoms with Gasteiger partial charge in [0.15, 0.2) is 0 Å². The van der Waals surface area contributed by atoms with Gasteiger partial charge in [0, 0.05) is 12.1 Å². The lowest BCUT2D eigenvalue weighted by atomic mass is 9.85. The number of rotatable bonds is 7.